The maximum absolute atomic E-state index is 5.92. The molecular formula is C12H13ClN2O. The minimum absolute atomic E-state index is 0.348. The quantitative estimate of drug-likeness (QED) is 0.802. The van der Waals surface area contributed by atoms with Crippen LogP contribution in [0.5, 0.6) is 0 Å². The van der Waals surface area contributed by atoms with Gasteiger partial charge in [-0.15, -0.1) is 0 Å². The fourth-order valence-corrected chi connectivity index (χ4v) is 2.30. The SMILES string of the molecule is Clc1ccn2cc(CC3CCCO3)nc2c1. The predicted octanol–water partition coefficient (Wildman–Crippen LogP) is 2.71. The molecule has 2 aromatic heterocycles. The first-order chi connectivity index (χ1) is 7.81. The zero-order valence-corrected chi connectivity index (χ0v) is 9.65. The molecule has 1 aliphatic rings. The zero-order valence-electron chi connectivity index (χ0n) is 8.90. The molecule has 4 heteroatoms. The number of pyridine rings is 1. The van der Waals surface area contributed by atoms with Gasteiger partial charge in [0.1, 0.15) is 5.65 Å². The van der Waals surface area contributed by atoms with Crippen molar-refractivity contribution in [1.82, 2.24) is 9.38 Å². The van der Waals surface area contributed by atoms with Crippen LogP contribution in [-0.2, 0) is 11.2 Å². The van der Waals surface area contributed by atoms with E-state index < -0.39 is 0 Å². The van der Waals surface area contributed by atoms with Crippen molar-refractivity contribution >= 4 is 17.2 Å². The molecule has 1 fully saturated rings. The van der Waals surface area contributed by atoms with Gasteiger partial charge in [0, 0.05) is 30.4 Å². The van der Waals surface area contributed by atoms with Crippen molar-refractivity contribution < 1.29 is 4.74 Å². The second-order valence-electron chi connectivity index (χ2n) is 4.18. The van der Waals surface area contributed by atoms with Crippen LogP contribution in [-0.4, -0.2) is 22.1 Å². The first kappa shape index (κ1) is 10.1. The smallest absolute Gasteiger partial charge is 0.138 e. The fraction of sp³-hybridized carbons (Fsp3) is 0.417. The van der Waals surface area contributed by atoms with Crippen LogP contribution in [0.25, 0.3) is 5.65 Å². The second kappa shape index (κ2) is 4.07. The lowest BCUT2D eigenvalue weighted by Crippen LogP contribution is -2.08. The van der Waals surface area contributed by atoms with E-state index >= 15 is 0 Å². The molecule has 1 unspecified atom stereocenters. The van der Waals surface area contributed by atoms with E-state index in [1.54, 1.807) is 0 Å². The molecular weight excluding hydrogens is 224 g/mol. The third-order valence-corrected chi connectivity index (χ3v) is 3.17. The summed E-state index contributed by atoms with van der Waals surface area (Å²) >= 11 is 5.92. The van der Waals surface area contributed by atoms with Gasteiger partial charge in [0.15, 0.2) is 0 Å². The topological polar surface area (TPSA) is 26.5 Å². The van der Waals surface area contributed by atoms with E-state index in [-0.39, 0.29) is 0 Å². The summed E-state index contributed by atoms with van der Waals surface area (Å²) in [4.78, 5) is 4.54. The molecule has 1 aliphatic heterocycles. The van der Waals surface area contributed by atoms with Crippen LogP contribution in [0, 0.1) is 0 Å². The van der Waals surface area contributed by atoms with E-state index in [1.807, 2.05) is 28.9 Å². The minimum Gasteiger partial charge on any atom is -0.378 e. The van der Waals surface area contributed by atoms with Gasteiger partial charge < -0.3 is 9.14 Å². The van der Waals surface area contributed by atoms with Crippen molar-refractivity contribution in [2.24, 2.45) is 0 Å². The lowest BCUT2D eigenvalue weighted by atomic mass is 10.1. The molecule has 0 N–H and O–H groups in total. The number of aromatic nitrogens is 2. The molecule has 0 radical (unpaired) electrons. The van der Waals surface area contributed by atoms with Gasteiger partial charge in [-0.05, 0) is 25.0 Å². The average Bonchev–Trinajstić information content (AvgIpc) is 2.86. The van der Waals surface area contributed by atoms with Gasteiger partial charge in [0.25, 0.3) is 0 Å². The number of ether oxygens (including phenoxy) is 1. The number of hydrogen-bond acceptors (Lipinski definition) is 2. The molecule has 0 bridgehead atoms. The summed E-state index contributed by atoms with van der Waals surface area (Å²) < 4.78 is 7.60. The summed E-state index contributed by atoms with van der Waals surface area (Å²) in [6, 6.07) is 3.74. The summed E-state index contributed by atoms with van der Waals surface area (Å²) in [7, 11) is 0. The molecule has 16 heavy (non-hydrogen) atoms. The van der Waals surface area contributed by atoms with E-state index in [2.05, 4.69) is 4.98 Å². The number of halogens is 1. The normalized spacial score (nSPS) is 20.7. The maximum atomic E-state index is 5.92. The van der Waals surface area contributed by atoms with Crippen LogP contribution in [0.1, 0.15) is 18.5 Å². The Bertz CT molecular complexity index is 503. The van der Waals surface area contributed by atoms with Gasteiger partial charge in [0.2, 0.25) is 0 Å². The maximum Gasteiger partial charge on any atom is 0.138 e. The second-order valence-corrected chi connectivity index (χ2v) is 4.62. The third-order valence-electron chi connectivity index (χ3n) is 2.93. The molecule has 3 rings (SSSR count). The van der Waals surface area contributed by atoms with E-state index in [1.165, 1.54) is 6.42 Å². The first-order valence-electron chi connectivity index (χ1n) is 5.56. The van der Waals surface area contributed by atoms with Crippen LogP contribution in [0.4, 0.5) is 0 Å². The highest BCUT2D eigenvalue weighted by Gasteiger charge is 2.17. The molecule has 1 saturated heterocycles. The summed E-state index contributed by atoms with van der Waals surface area (Å²) in [6.45, 7) is 0.893. The first-order valence-corrected chi connectivity index (χ1v) is 5.94. The van der Waals surface area contributed by atoms with Gasteiger partial charge >= 0.3 is 0 Å². The molecule has 0 aliphatic carbocycles. The highest BCUT2D eigenvalue weighted by Crippen LogP contribution is 2.18. The van der Waals surface area contributed by atoms with E-state index in [9.17, 15) is 0 Å². The van der Waals surface area contributed by atoms with Crippen LogP contribution in [0.3, 0.4) is 0 Å². The molecule has 2 aromatic rings. The van der Waals surface area contributed by atoms with Gasteiger partial charge in [-0.1, -0.05) is 11.6 Å². The predicted molar refractivity (Wildman–Crippen MR) is 62.9 cm³/mol. The molecule has 0 saturated carbocycles. The van der Waals surface area contributed by atoms with Crippen LogP contribution in [0.2, 0.25) is 5.02 Å². The Balaban J connectivity index is 1.86. The van der Waals surface area contributed by atoms with E-state index in [0.29, 0.717) is 6.10 Å². The highest BCUT2D eigenvalue weighted by molar-refractivity contribution is 6.30. The largest absolute Gasteiger partial charge is 0.378 e. The minimum atomic E-state index is 0.348. The molecule has 3 nitrogen and oxygen atoms in total. The Hall–Kier alpha value is -1.06. The number of nitrogens with zero attached hydrogens (tertiary/aromatic N) is 2. The third kappa shape index (κ3) is 1.93. The Labute approximate surface area is 99.0 Å². The number of fused-ring (bicyclic) bond motifs is 1. The van der Waals surface area contributed by atoms with Gasteiger partial charge in [-0.3, -0.25) is 0 Å². The van der Waals surface area contributed by atoms with Gasteiger partial charge in [-0.2, -0.15) is 0 Å². The van der Waals surface area contributed by atoms with Gasteiger partial charge in [0.05, 0.1) is 11.8 Å². The highest BCUT2D eigenvalue weighted by atomic mass is 35.5. The number of rotatable bonds is 2. The summed E-state index contributed by atoms with van der Waals surface area (Å²) in [5, 5.41) is 0.724. The van der Waals surface area contributed by atoms with Crippen molar-refractivity contribution in [3.05, 3.63) is 35.2 Å². The average molecular weight is 237 g/mol. The van der Waals surface area contributed by atoms with Gasteiger partial charge in [-0.25, -0.2) is 4.98 Å². The molecule has 0 amide bonds. The van der Waals surface area contributed by atoms with Crippen LogP contribution >= 0.6 is 11.6 Å². The van der Waals surface area contributed by atoms with Crippen LogP contribution in [0.15, 0.2) is 24.5 Å². The standard InChI is InChI=1S/C12H13ClN2O/c13-9-3-4-15-8-10(14-12(15)6-9)7-11-2-1-5-16-11/h3-4,6,8,11H,1-2,5,7H2. The molecule has 1 atom stereocenters. The Morgan fingerprint density at radius 3 is 3.31 bits per heavy atom. The molecule has 84 valence electrons. The van der Waals surface area contributed by atoms with Crippen molar-refractivity contribution in [3.63, 3.8) is 0 Å². The van der Waals surface area contributed by atoms with Crippen molar-refractivity contribution in [2.75, 3.05) is 6.61 Å². The fourth-order valence-electron chi connectivity index (χ4n) is 2.15. The number of hydrogen-bond donors (Lipinski definition) is 0. The molecule has 0 aromatic carbocycles. The van der Waals surface area contributed by atoms with E-state index in [4.69, 9.17) is 16.3 Å². The molecule has 3 heterocycles. The summed E-state index contributed by atoms with van der Waals surface area (Å²) in [6.07, 6.45) is 7.55. The lowest BCUT2D eigenvalue weighted by Gasteiger charge is -2.05. The van der Waals surface area contributed by atoms with Crippen LogP contribution < -0.4 is 0 Å². The Morgan fingerprint density at radius 1 is 1.56 bits per heavy atom. The van der Waals surface area contributed by atoms with E-state index in [0.717, 1.165) is 35.8 Å². The summed E-state index contributed by atoms with van der Waals surface area (Å²) in [5.74, 6) is 0. The Kier molecular flexibility index (Phi) is 2.58. The van der Waals surface area contributed by atoms with Crippen molar-refractivity contribution in [2.45, 2.75) is 25.4 Å². The lowest BCUT2D eigenvalue weighted by molar-refractivity contribution is 0.111. The number of imidazole rings is 1. The summed E-state index contributed by atoms with van der Waals surface area (Å²) in [5.41, 5.74) is 1.98. The monoisotopic (exact) mass is 236 g/mol. The zero-order chi connectivity index (χ0) is 11.0. The molecule has 0 spiro atoms. The van der Waals surface area contributed by atoms with Crippen molar-refractivity contribution in [1.29, 1.82) is 0 Å². The van der Waals surface area contributed by atoms with Crippen molar-refractivity contribution in [3.8, 4) is 0 Å². The Morgan fingerprint density at radius 2 is 2.50 bits per heavy atom.